The number of carbonyl (C=O) groups excluding carboxylic acids is 2. The Morgan fingerprint density at radius 3 is 2.20 bits per heavy atom. The average molecular weight is 572 g/mol. The first-order chi connectivity index (χ1) is 18.9. The van der Waals surface area contributed by atoms with Gasteiger partial charge in [0.1, 0.15) is 12.6 Å². The van der Waals surface area contributed by atoms with Crippen LogP contribution in [0.2, 0.25) is 0 Å². The zero-order valence-corrected chi connectivity index (χ0v) is 23.9. The Kier molecular flexibility index (Phi) is 10.4. The van der Waals surface area contributed by atoms with E-state index in [0.717, 1.165) is 45.5 Å². The van der Waals surface area contributed by atoms with Gasteiger partial charge < -0.3 is 10.2 Å². The van der Waals surface area contributed by atoms with Crippen molar-refractivity contribution in [2.24, 2.45) is 0 Å². The molecule has 3 rings (SSSR count). The Morgan fingerprint density at radius 2 is 1.60 bits per heavy atom. The predicted molar refractivity (Wildman–Crippen MR) is 152 cm³/mol. The number of carbonyl (C=O) groups is 2. The maximum absolute atomic E-state index is 14.0. The van der Waals surface area contributed by atoms with Crippen LogP contribution in [0.1, 0.15) is 37.0 Å². The van der Waals surface area contributed by atoms with E-state index in [0.29, 0.717) is 6.42 Å². The summed E-state index contributed by atoms with van der Waals surface area (Å²) in [6.07, 6.45) is 1.74. The van der Waals surface area contributed by atoms with Gasteiger partial charge in [-0.15, -0.1) is 0 Å². The van der Waals surface area contributed by atoms with Gasteiger partial charge in [0.25, 0.3) is 0 Å². The summed E-state index contributed by atoms with van der Waals surface area (Å²) in [6.45, 7) is 5.00. The van der Waals surface area contributed by atoms with Crippen molar-refractivity contribution in [1.29, 1.82) is 0 Å². The van der Waals surface area contributed by atoms with Crippen LogP contribution >= 0.6 is 0 Å². The molecule has 214 valence electrons. The summed E-state index contributed by atoms with van der Waals surface area (Å²) in [4.78, 5) is 29.0. The Morgan fingerprint density at radius 1 is 0.950 bits per heavy atom. The molecule has 10 heteroatoms. The van der Waals surface area contributed by atoms with E-state index < -0.39 is 40.2 Å². The first-order valence-electron chi connectivity index (χ1n) is 13.0. The molecule has 40 heavy (non-hydrogen) atoms. The summed E-state index contributed by atoms with van der Waals surface area (Å²) >= 11 is 0. The fourth-order valence-corrected chi connectivity index (χ4v) is 5.06. The lowest BCUT2D eigenvalue weighted by molar-refractivity contribution is -0.140. The minimum Gasteiger partial charge on any atom is -0.352 e. The highest BCUT2D eigenvalue weighted by molar-refractivity contribution is 7.92. The molecule has 0 fully saturated rings. The molecule has 0 aliphatic carbocycles. The van der Waals surface area contributed by atoms with Gasteiger partial charge >= 0.3 is 0 Å². The van der Waals surface area contributed by atoms with Crippen LogP contribution in [0.3, 0.4) is 0 Å². The molecular weight excluding hydrogens is 536 g/mol. The second kappa shape index (κ2) is 13.5. The van der Waals surface area contributed by atoms with Crippen molar-refractivity contribution in [3.05, 3.63) is 101 Å². The number of nitrogens with zero attached hydrogens (tertiary/aromatic N) is 2. The van der Waals surface area contributed by atoms with Crippen LogP contribution < -0.4 is 9.62 Å². The largest absolute Gasteiger partial charge is 0.352 e. The summed E-state index contributed by atoms with van der Waals surface area (Å²) in [5.74, 6) is -3.43. The van der Waals surface area contributed by atoms with Crippen molar-refractivity contribution < 1.29 is 26.8 Å². The van der Waals surface area contributed by atoms with Gasteiger partial charge in [-0.25, -0.2) is 17.2 Å². The molecule has 3 aromatic carbocycles. The molecule has 0 spiro atoms. The summed E-state index contributed by atoms with van der Waals surface area (Å²) < 4.78 is 53.8. The number of hydrogen-bond donors (Lipinski definition) is 1. The Hall–Kier alpha value is -3.79. The van der Waals surface area contributed by atoms with E-state index in [4.69, 9.17) is 0 Å². The molecule has 0 saturated carbocycles. The second-order valence-corrected chi connectivity index (χ2v) is 11.7. The monoisotopic (exact) mass is 571 g/mol. The van der Waals surface area contributed by atoms with Crippen LogP contribution in [-0.2, 0) is 32.6 Å². The van der Waals surface area contributed by atoms with Crippen molar-refractivity contribution >= 4 is 27.5 Å². The van der Waals surface area contributed by atoms with Crippen molar-refractivity contribution in [2.75, 3.05) is 17.1 Å². The summed E-state index contributed by atoms with van der Waals surface area (Å²) in [5.41, 5.74) is 2.29. The van der Waals surface area contributed by atoms with E-state index in [-0.39, 0.29) is 30.6 Å². The lowest BCUT2D eigenvalue weighted by Gasteiger charge is -2.34. The third-order valence-corrected chi connectivity index (χ3v) is 7.89. The topological polar surface area (TPSA) is 86.8 Å². The highest BCUT2D eigenvalue weighted by Crippen LogP contribution is 2.23. The molecule has 0 unspecified atom stereocenters. The standard InChI is InChI=1S/C30H35F2N3O4S/c1-5-22(3)33-30(37)28(17-23-12-7-6-8-13-23)34(19-24-14-10-9-11-21(24)2)29(36)20-35(40(4,38)39)25-15-16-26(31)27(32)18-25/h6-16,18,22,28H,5,17,19-20H2,1-4H3,(H,33,37)/t22-,28+/m0/s1. The lowest BCUT2D eigenvalue weighted by Crippen LogP contribution is -2.54. The first kappa shape index (κ1) is 30.7. The van der Waals surface area contributed by atoms with Crippen molar-refractivity contribution in [2.45, 2.75) is 52.2 Å². The highest BCUT2D eigenvalue weighted by atomic mass is 32.2. The van der Waals surface area contributed by atoms with Crippen molar-refractivity contribution in [3.8, 4) is 0 Å². The normalized spacial score (nSPS) is 12.8. The molecule has 0 heterocycles. The second-order valence-electron chi connectivity index (χ2n) is 9.84. The number of halogens is 2. The third-order valence-electron chi connectivity index (χ3n) is 6.74. The minimum absolute atomic E-state index is 0.0340. The zero-order chi connectivity index (χ0) is 29.4. The van der Waals surface area contributed by atoms with E-state index in [1.165, 1.54) is 4.90 Å². The van der Waals surface area contributed by atoms with Gasteiger partial charge in [-0.1, -0.05) is 61.5 Å². The molecule has 0 radical (unpaired) electrons. The zero-order valence-electron chi connectivity index (χ0n) is 23.1. The SMILES string of the molecule is CC[C@H](C)NC(=O)[C@@H](Cc1ccccc1)N(Cc1ccccc1C)C(=O)CN(c1ccc(F)c(F)c1)S(C)(=O)=O. The molecule has 7 nitrogen and oxygen atoms in total. The third kappa shape index (κ3) is 8.11. The molecule has 0 saturated heterocycles. The fraction of sp³-hybridized carbons (Fsp3) is 0.333. The highest BCUT2D eigenvalue weighted by Gasteiger charge is 2.33. The van der Waals surface area contributed by atoms with E-state index in [2.05, 4.69) is 5.32 Å². The molecule has 2 amide bonds. The molecule has 2 atom stereocenters. The number of amides is 2. The van der Waals surface area contributed by atoms with Gasteiger partial charge in [-0.3, -0.25) is 13.9 Å². The quantitative estimate of drug-likeness (QED) is 0.345. The molecule has 3 aromatic rings. The number of sulfonamides is 1. The van der Waals surface area contributed by atoms with Crippen LogP contribution in [0.5, 0.6) is 0 Å². The van der Waals surface area contributed by atoms with Gasteiger partial charge in [0.05, 0.1) is 11.9 Å². The van der Waals surface area contributed by atoms with Crippen LogP contribution in [0, 0.1) is 18.6 Å². The van der Waals surface area contributed by atoms with Gasteiger partial charge in [0.2, 0.25) is 21.8 Å². The minimum atomic E-state index is -4.09. The van der Waals surface area contributed by atoms with Gasteiger partial charge in [0, 0.05) is 25.1 Å². The van der Waals surface area contributed by atoms with Crippen molar-refractivity contribution in [1.82, 2.24) is 10.2 Å². The Bertz CT molecular complexity index is 1430. The molecule has 1 N–H and O–H groups in total. The van der Waals surface area contributed by atoms with Crippen LogP contribution in [0.25, 0.3) is 0 Å². The number of nitrogens with one attached hydrogen (secondary N) is 1. The maximum atomic E-state index is 14.0. The molecule has 0 aromatic heterocycles. The first-order valence-corrected chi connectivity index (χ1v) is 14.9. The van der Waals surface area contributed by atoms with Crippen LogP contribution in [0.15, 0.2) is 72.8 Å². The number of anilines is 1. The summed E-state index contributed by atoms with van der Waals surface area (Å²) in [6, 6.07) is 18.1. The average Bonchev–Trinajstić information content (AvgIpc) is 2.91. The van der Waals surface area contributed by atoms with E-state index in [1.54, 1.807) is 0 Å². The summed E-state index contributed by atoms with van der Waals surface area (Å²) in [5, 5.41) is 2.96. The number of hydrogen-bond acceptors (Lipinski definition) is 4. The van der Waals surface area contributed by atoms with Gasteiger partial charge in [0.15, 0.2) is 11.6 Å². The maximum Gasteiger partial charge on any atom is 0.244 e. The molecule has 0 bridgehead atoms. The van der Waals surface area contributed by atoms with Gasteiger partial charge in [-0.2, -0.15) is 0 Å². The molecule has 0 aliphatic rings. The smallest absolute Gasteiger partial charge is 0.244 e. The number of aryl methyl sites for hydroxylation is 1. The molecule has 0 aliphatic heterocycles. The molecular formula is C30H35F2N3O4S. The Balaban J connectivity index is 2.08. The fourth-order valence-electron chi connectivity index (χ4n) is 4.22. The summed E-state index contributed by atoms with van der Waals surface area (Å²) in [7, 11) is -4.09. The Labute approximate surface area is 234 Å². The lowest BCUT2D eigenvalue weighted by atomic mass is 10.0. The van der Waals surface area contributed by atoms with Crippen molar-refractivity contribution in [3.63, 3.8) is 0 Å². The van der Waals surface area contributed by atoms with E-state index in [9.17, 15) is 26.8 Å². The van der Waals surface area contributed by atoms with Crippen LogP contribution in [-0.4, -0.2) is 50.0 Å². The van der Waals surface area contributed by atoms with Gasteiger partial charge in [-0.05, 0) is 49.1 Å². The van der Waals surface area contributed by atoms with Crippen LogP contribution in [0.4, 0.5) is 14.5 Å². The van der Waals surface area contributed by atoms with E-state index >= 15 is 0 Å². The predicted octanol–water partition coefficient (Wildman–Crippen LogP) is 4.59. The van der Waals surface area contributed by atoms with E-state index in [1.807, 2.05) is 75.4 Å². The number of benzene rings is 3. The number of rotatable bonds is 12.